The second kappa shape index (κ2) is 8.72. The van der Waals surface area contributed by atoms with Gasteiger partial charge in [0.2, 0.25) is 5.91 Å². The molecule has 4 heterocycles. The minimum atomic E-state index is 0.197. The highest BCUT2D eigenvalue weighted by atomic mass is 16.2. The van der Waals surface area contributed by atoms with Gasteiger partial charge in [-0.1, -0.05) is 0 Å². The molecule has 2 aromatic heterocycles. The van der Waals surface area contributed by atoms with Crippen LogP contribution in [0.1, 0.15) is 44.2 Å². The lowest BCUT2D eigenvalue weighted by atomic mass is 9.87. The third kappa shape index (κ3) is 3.84. The van der Waals surface area contributed by atoms with E-state index in [0.29, 0.717) is 23.7 Å². The average Bonchev–Trinajstić information content (AvgIpc) is 3.16. The number of aromatic nitrogens is 2. The lowest BCUT2D eigenvalue weighted by molar-refractivity contribution is -0.130. The molecule has 3 aliphatic rings. The highest BCUT2D eigenvalue weighted by Crippen LogP contribution is 2.36. The van der Waals surface area contributed by atoms with Crippen LogP contribution in [-0.4, -0.2) is 83.7 Å². The van der Waals surface area contributed by atoms with Gasteiger partial charge in [0.05, 0.1) is 5.56 Å². The zero-order chi connectivity index (χ0) is 22.2. The molecule has 2 aliphatic heterocycles. The first-order valence-corrected chi connectivity index (χ1v) is 11.9. The monoisotopic (exact) mass is 435 g/mol. The molecule has 32 heavy (non-hydrogen) atoms. The summed E-state index contributed by atoms with van der Waals surface area (Å²) in [6.07, 6.45) is 6.30. The molecule has 2 saturated heterocycles. The van der Waals surface area contributed by atoms with E-state index >= 15 is 0 Å². The Kier molecular flexibility index (Phi) is 5.78. The van der Waals surface area contributed by atoms with Crippen LogP contribution in [0.2, 0.25) is 0 Å². The van der Waals surface area contributed by atoms with Crippen LogP contribution in [0.3, 0.4) is 0 Å². The Labute approximate surface area is 189 Å². The second-order valence-electron chi connectivity index (χ2n) is 9.47. The van der Waals surface area contributed by atoms with Crippen LogP contribution in [0.5, 0.6) is 0 Å². The van der Waals surface area contributed by atoms with E-state index in [-0.39, 0.29) is 5.91 Å². The van der Waals surface area contributed by atoms with Crippen LogP contribution in [0, 0.1) is 11.3 Å². The van der Waals surface area contributed by atoms with Crippen molar-refractivity contribution in [3.05, 3.63) is 23.9 Å². The minimum Gasteiger partial charge on any atom is -0.354 e. The van der Waals surface area contributed by atoms with Gasteiger partial charge in [-0.15, -0.1) is 0 Å². The smallest absolute Gasteiger partial charge is 0.219 e. The molecular formula is C24H33N7O. The molecule has 1 aliphatic carbocycles. The fraction of sp³-hybridized carbons (Fsp3) is 0.625. The average molecular weight is 436 g/mol. The first-order chi connectivity index (χ1) is 15.6. The van der Waals surface area contributed by atoms with Crippen molar-refractivity contribution in [3.8, 4) is 6.07 Å². The molecule has 8 heteroatoms. The van der Waals surface area contributed by atoms with Crippen LogP contribution in [0.4, 0.5) is 5.82 Å². The molecule has 5 rings (SSSR count). The molecule has 1 saturated carbocycles. The first kappa shape index (κ1) is 21.2. The number of nitriles is 1. The van der Waals surface area contributed by atoms with E-state index in [0.717, 1.165) is 81.8 Å². The normalized spacial score (nSPS) is 25.0. The van der Waals surface area contributed by atoms with Gasteiger partial charge in [0.15, 0.2) is 0 Å². The van der Waals surface area contributed by atoms with Crippen molar-refractivity contribution in [2.24, 2.45) is 0 Å². The third-order valence-electron chi connectivity index (χ3n) is 7.76. The quantitative estimate of drug-likeness (QED) is 0.791. The molecule has 0 spiro atoms. The maximum atomic E-state index is 11.6. The van der Waals surface area contributed by atoms with E-state index in [4.69, 9.17) is 4.98 Å². The van der Waals surface area contributed by atoms with E-state index < -0.39 is 0 Å². The standard InChI is InChI=1S/C24H33N7O/c1-17(32)28-7-5-20(6-8-28)29-9-11-30(12-10-29)23-4-3-22-18(15-25)16-31(24(22)27-23)21-13-19(14-21)26-2/h3-4,16,19-21,26H,5-14H2,1-2H3/t19-,21-. The van der Waals surface area contributed by atoms with Crippen LogP contribution in [-0.2, 0) is 4.79 Å². The summed E-state index contributed by atoms with van der Waals surface area (Å²) in [4.78, 5) is 23.6. The van der Waals surface area contributed by atoms with Crippen molar-refractivity contribution in [3.63, 3.8) is 0 Å². The molecule has 0 bridgehead atoms. The summed E-state index contributed by atoms with van der Waals surface area (Å²) in [6, 6.07) is 8.05. The number of hydrogen-bond acceptors (Lipinski definition) is 6. The Balaban J connectivity index is 1.27. The number of hydrogen-bond donors (Lipinski definition) is 1. The number of anilines is 1. The van der Waals surface area contributed by atoms with Gasteiger partial charge in [-0.05, 0) is 44.9 Å². The summed E-state index contributed by atoms with van der Waals surface area (Å²) in [7, 11) is 2.01. The third-order valence-corrected chi connectivity index (χ3v) is 7.76. The fourth-order valence-electron chi connectivity index (χ4n) is 5.57. The number of fused-ring (bicyclic) bond motifs is 1. The van der Waals surface area contributed by atoms with E-state index in [2.05, 4.69) is 37.9 Å². The molecule has 1 N–H and O–H groups in total. The molecule has 2 aromatic rings. The van der Waals surface area contributed by atoms with Gasteiger partial charge < -0.3 is 19.7 Å². The maximum Gasteiger partial charge on any atom is 0.219 e. The largest absolute Gasteiger partial charge is 0.354 e. The minimum absolute atomic E-state index is 0.197. The van der Waals surface area contributed by atoms with Crippen molar-refractivity contribution < 1.29 is 4.79 Å². The number of pyridine rings is 1. The van der Waals surface area contributed by atoms with Crippen LogP contribution >= 0.6 is 0 Å². The molecular weight excluding hydrogens is 402 g/mol. The second-order valence-corrected chi connectivity index (χ2v) is 9.47. The molecule has 170 valence electrons. The highest BCUT2D eigenvalue weighted by Gasteiger charge is 2.32. The van der Waals surface area contributed by atoms with Crippen molar-refractivity contribution in [2.45, 2.75) is 50.7 Å². The molecule has 3 fully saturated rings. The maximum absolute atomic E-state index is 11.6. The van der Waals surface area contributed by atoms with Gasteiger partial charge in [0.1, 0.15) is 17.5 Å². The first-order valence-electron chi connectivity index (χ1n) is 11.9. The van der Waals surface area contributed by atoms with Gasteiger partial charge in [0, 0.05) is 75.9 Å². The van der Waals surface area contributed by atoms with Crippen LogP contribution < -0.4 is 10.2 Å². The Bertz CT molecular complexity index is 1020. The topological polar surface area (TPSA) is 80.4 Å². The van der Waals surface area contributed by atoms with E-state index in [9.17, 15) is 10.1 Å². The number of carbonyl (C=O) groups is 1. The molecule has 0 atom stereocenters. The summed E-state index contributed by atoms with van der Waals surface area (Å²) < 4.78 is 2.23. The number of likely N-dealkylation sites (tertiary alicyclic amines) is 1. The molecule has 0 unspecified atom stereocenters. The Hall–Kier alpha value is -2.63. The highest BCUT2D eigenvalue weighted by molar-refractivity contribution is 5.85. The number of nitrogens with zero attached hydrogens (tertiary/aromatic N) is 6. The number of amides is 1. The molecule has 0 aromatic carbocycles. The predicted molar refractivity (Wildman–Crippen MR) is 125 cm³/mol. The van der Waals surface area contributed by atoms with E-state index in [1.54, 1.807) is 6.92 Å². The fourth-order valence-corrected chi connectivity index (χ4v) is 5.57. The van der Waals surface area contributed by atoms with E-state index in [1.807, 2.05) is 18.1 Å². The lowest BCUT2D eigenvalue weighted by Gasteiger charge is -2.43. The number of carbonyl (C=O) groups excluding carboxylic acids is 1. The van der Waals surface area contributed by atoms with Crippen molar-refractivity contribution in [2.75, 3.05) is 51.2 Å². The summed E-state index contributed by atoms with van der Waals surface area (Å²) in [5, 5.41) is 13.9. The number of piperidine rings is 1. The Morgan fingerprint density at radius 2 is 1.81 bits per heavy atom. The number of rotatable bonds is 4. The molecule has 8 nitrogen and oxygen atoms in total. The Morgan fingerprint density at radius 3 is 2.44 bits per heavy atom. The van der Waals surface area contributed by atoms with Gasteiger partial charge in [-0.2, -0.15) is 5.26 Å². The lowest BCUT2D eigenvalue weighted by Crippen LogP contribution is -2.53. The predicted octanol–water partition coefficient (Wildman–Crippen LogP) is 1.96. The Morgan fingerprint density at radius 1 is 1.09 bits per heavy atom. The van der Waals surface area contributed by atoms with Gasteiger partial charge in [-0.3, -0.25) is 9.69 Å². The van der Waals surface area contributed by atoms with Crippen molar-refractivity contribution >= 4 is 22.8 Å². The van der Waals surface area contributed by atoms with Crippen molar-refractivity contribution in [1.29, 1.82) is 5.26 Å². The SMILES string of the molecule is CN[C@H]1C[C@H](n2cc(C#N)c3ccc(N4CCN(C5CCN(C(C)=O)CC5)CC4)nc32)C1. The van der Waals surface area contributed by atoms with E-state index in [1.165, 1.54) is 0 Å². The summed E-state index contributed by atoms with van der Waals surface area (Å²) >= 11 is 0. The summed E-state index contributed by atoms with van der Waals surface area (Å²) in [5.41, 5.74) is 1.66. The van der Waals surface area contributed by atoms with Crippen molar-refractivity contribution in [1.82, 2.24) is 24.7 Å². The number of nitrogens with one attached hydrogen (secondary N) is 1. The molecule has 1 amide bonds. The van der Waals surface area contributed by atoms with Gasteiger partial charge in [-0.25, -0.2) is 4.98 Å². The zero-order valence-electron chi connectivity index (χ0n) is 19.1. The zero-order valence-corrected chi connectivity index (χ0v) is 19.1. The van der Waals surface area contributed by atoms with Crippen LogP contribution in [0.15, 0.2) is 18.3 Å². The molecule has 0 radical (unpaired) electrons. The van der Waals surface area contributed by atoms with Gasteiger partial charge in [0.25, 0.3) is 0 Å². The summed E-state index contributed by atoms with van der Waals surface area (Å²) in [6.45, 7) is 7.41. The van der Waals surface area contributed by atoms with Gasteiger partial charge >= 0.3 is 0 Å². The van der Waals surface area contributed by atoms with Crippen LogP contribution in [0.25, 0.3) is 11.0 Å². The number of piperazine rings is 1. The summed E-state index contributed by atoms with van der Waals surface area (Å²) in [5.74, 6) is 1.21.